The standard InChI is InChI=1S/C28H39N3O7/c1-27(2,3)37-25(33)19-29(17-21-10-8-7-9-11-21)14-15-30(20-26(34)38-28(4,5)6)18-22-16-23(31(35)36)12-13-24(22)32/h7-13,16,32H,14-15,17-20H2,1-6H3. The molecule has 10 heteroatoms. The van der Waals surface area contributed by atoms with E-state index in [4.69, 9.17) is 9.47 Å². The molecule has 0 saturated heterocycles. The third-order valence-corrected chi connectivity index (χ3v) is 5.19. The minimum absolute atomic E-state index is 0.0362. The molecule has 0 atom stereocenters. The number of nitro groups is 1. The van der Waals surface area contributed by atoms with E-state index in [1.807, 2.05) is 35.2 Å². The highest BCUT2D eigenvalue weighted by molar-refractivity contribution is 5.72. The molecule has 0 saturated carbocycles. The van der Waals surface area contributed by atoms with Crippen molar-refractivity contribution in [3.63, 3.8) is 0 Å². The van der Waals surface area contributed by atoms with Crippen LogP contribution >= 0.6 is 0 Å². The van der Waals surface area contributed by atoms with Crippen LogP contribution in [0.4, 0.5) is 5.69 Å². The number of ether oxygens (including phenoxy) is 2. The normalized spacial score (nSPS) is 12.0. The highest BCUT2D eigenvalue weighted by atomic mass is 16.6. The maximum Gasteiger partial charge on any atom is 0.320 e. The minimum Gasteiger partial charge on any atom is -0.508 e. The molecule has 0 amide bonds. The van der Waals surface area contributed by atoms with E-state index in [-0.39, 0.29) is 37.0 Å². The van der Waals surface area contributed by atoms with Crippen LogP contribution in [0.15, 0.2) is 48.5 Å². The molecule has 2 aromatic rings. The monoisotopic (exact) mass is 529 g/mol. The SMILES string of the molecule is CC(C)(C)OC(=O)CN(CCN(CC(=O)OC(C)(C)C)Cc1cc([N+](=O)[O-])ccc1O)Cc1ccccc1. The highest BCUT2D eigenvalue weighted by Gasteiger charge is 2.23. The number of rotatable bonds is 12. The second kappa shape index (κ2) is 13.3. The Kier molecular flexibility index (Phi) is 10.8. The van der Waals surface area contributed by atoms with Gasteiger partial charge in [-0.25, -0.2) is 0 Å². The second-order valence-corrected chi connectivity index (χ2v) is 11.1. The average Bonchev–Trinajstić information content (AvgIpc) is 2.76. The Bertz CT molecular complexity index is 1090. The maximum atomic E-state index is 12.7. The first-order chi connectivity index (χ1) is 17.6. The van der Waals surface area contributed by atoms with Gasteiger partial charge in [0.05, 0.1) is 18.0 Å². The summed E-state index contributed by atoms with van der Waals surface area (Å²) < 4.78 is 11.0. The molecule has 0 aromatic heterocycles. The summed E-state index contributed by atoms with van der Waals surface area (Å²) in [5, 5.41) is 21.6. The number of nitro benzene ring substituents is 1. The van der Waals surface area contributed by atoms with Gasteiger partial charge in [0.1, 0.15) is 17.0 Å². The van der Waals surface area contributed by atoms with Gasteiger partial charge in [0.15, 0.2) is 0 Å². The van der Waals surface area contributed by atoms with Gasteiger partial charge in [-0.3, -0.25) is 29.5 Å². The van der Waals surface area contributed by atoms with Crippen molar-refractivity contribution >= 4 is 17.6 Å². The number of carbonyl (C=O) groups excluding carboxylic acids is 2. The molecular weight excluding hydrogens is 490 g/mol. The van der Waals surface area contributed by atoms with Crippen molar-refractivity contribution in [1.29, 1.82) is 0 Å². The Hall–Kier alpha value is -3.50. The lowest BCUT2D eigenvalue weighted by molar-refractivity contribution is -0.385. The zero-order chi connectivity index (χ0) is 28.5. The van der Waals surface area contributed by atoms with Crippen molar-refractivity contribution in [3.8, 4) is 5.75 Å². The van der Waals surface area contributed by atoms with Gasteiger partial charge in [0.25, 0.3) is 5.69 Å². The summed E-state index contributed by atoms with van der Waals surface area (Å²) in [6, 6.07) is 13.4. The van der Waals surface area contributed by atoms with Crippen LogP contribution in [0.1, 0.15) is 52.7 Å². The van der Waals surface area contributed by atoms with Crippen LogP contribution in [0.3, 0.4) is 0 Å². The van der Waals surface area contributed by atoms with Crippen LogP contribution in [-0.2, 0) is 32.2 Å². The molecule has 38 heavy (non-hydrogen) atoms. The summed E-state index contributed by atoms with van der Waals surface area (Å²) in [5.74, 6) is -0.952. The summed E-state index contributed by atoms with van der Waals surface area (Å²) in [6.45, 7) is 11.9. The number of aromatic hydroxyl groups is 1. The van der Waals surface area contributed by atoms with E-state index in [9.17, 15) is 24.8 Å². The summed E-state index contributed by atoms with van der Waals surface area (Å²) >= 11 is 0. The third-order valence-electron chi connectivity index (χ3n) is 5.19. The molecule has 0 spiro atoms. The van der Waals surface area contributed by atoms with Gasteiger partial charge in [0, 0.05) is 43.9 Å². The minimum atomic E-state index is -0.688. The van der Waals surface area contributed by atoms with E-state index in [1.54, 1.807) is 46.4 Å². The predicted molar refractivity (Wildman–Crippen MR) is 143 cm³/mol. The van der Waals surface area contributed by atoms with Crippen molar-refractivity contribution < 1.29 is 29.1 Å². The third kappa shape index (κ3) is 11.7. The Morgan fingerprint density at radius 3 is 1.82 bits per heavy atom. The molecule has 0 unspecified atom stereocenters. The number of non-ortho nitro benzene ring substituents is 1. The number of phenolic OH excluding ortho intramolecular Hbond substituents is 1. The number of carbonyl (C=O) groups is 2. The van der Waals surface area contributed by atoms with Crippen LogP contribution in [0.25, 0.3) is 0 Å². The highest BCUT2D eigenvalue weighted by Crippen LogP contribution is 2.24. The molecule has 0 heterocycles. The molecule has 2 aromatic carbocycles. The van der Waals surface area contributed by atoms with Crippen molar-refractivity contribution in [2.45, 2.75) is 65.8 Å². The van der Waals surface area contributed by atoms with Crippen molar-refractivity contribution in [2.75, 3.05) is 26.2 Å². The number of nitrogens with zero attached hydrogens (tertiary/aromatic N) is 3. The summed E-state index contributed by atoms with van der Waals surface area (Å²) in [5.41, 5.74) is -0.161. The maximum absolute atomic E-state index is 12.7. The Morgan fingerprint density at radius 1 is 0.842 bits per heavy atom. The lowest BCUT2D eigenvalue weighted by Crippen LogP contribution is -2.41. The molecule has 10 nitrogen and oxygen atoms in total. The van der Waals surface area contributed by atoms with E-state index in [0.717, 1.165) is 5.56 Å². The lowest BCUT2D eigenvalue weighted by Gasteiger charge is -2.29. The fraction of sp³-hybridized carbons (Fsp3) is 0.500. The van der Waals surface area contributed by atoms with Gasteiger partial charge in [-0.2, -0.15) is 0 Å². The molecule has 1 N–H and O–H groups in total. The largest absolute Gasteiger partial charge is 0.508 e. The van der Waals surface area contributed by atoms with Gasteiger partial charge in [-0.15, -0.1) is 0 Å². The van der Waals surface area contributed by atoms with E-state index in [0.29, 0.717) is 25.2 Å². The smallest absolute Gasteiger partial charge is 0.320 e. The molecule has 0 fully saturated rings. The van der Waals surface area contributed by atoms with E-state index >= 15 is 0 Å². The fourth-order valence-electron chi connectivity index (χ4n) is 3.72. The first-order valence-electron chi connectivity index (χ1n) is 12.5. The summed E-state index contributed by atoms with van der Waals surface area (Å²) in [6.07, 6.45) is 0. The van der Waals surface area contributed by atoms with E-state index in [2.05, 4.69) is 0 Å². The van der Waals surface area contributed by atoms with Crippen LogP contribution < -0.4 is 0 Å². The van der Waals surface area contributed by atoms with Crippen molar-refractivity contribution in [1.82, 2.24) is 9.80 Å². The van der Waals surface area contributed by atoms with Gasteiger partial charge < -0.3 is 14.6 Å². The fourth-order valence-corrected chi connectivity index (χ4v) is 3.72. The van der Waals surface area contributed by atoms with Gasteiger partial charge in [0.2, 0.25) is 0 Å². The lowest BCUT2D eigenvalue weighted by atomic mass is 10.1. The Labute approximate surface area is 224 Å². The van der Waals surface area contributed by atoms with Crippen LogP contribution in [0, 0.1) is 10.1 Å². The first-order valence-corrected chi connectivity index (χ1v) is 12.5. The molecule has 208 valence electrons. The summed E-state index contributed by atoms with van der Waals surface area (Å²) in [7, 11) is 0. The van der Waals surface area contributed by atoms with Crippen LogP contribution in [-0.4, -0.2) is 69.1 Å². The van der Waals surface area contributed by atoms with Crippen molar-refractivity contribution in [2.24, 2.45) is 0 Å². The second-order valence-electron chi connectivity index (χ2n) is 11.1. The zero-order valence-electron chi connectivity index (χ0n) is 23.1. The Balaban J connectivity index is 2.25. The number of phenols is 1. The first kappa shape index (κ1) is 30.7. The number of benzene rings is 2. The molecule has 0 aliphatic rings. The Morgan fingerprint density at radius 2 is 1.34 bits per heavy atom. The predicted octanol–water partition coefficient (Wildman–Crippen LogP) is 4.29. The van der Waals surface area contributed by atoms with E-state index in [1.165, 1.54) is 18.2 Å². The molecule has 0 aliphatic carbocycles. The quantitative estimate of drug-likeness (QED) is 0.244. The van der Waals surface area contributed by atoms with Gasteiger partial charge in [-0.1, -0.05) is 30.3 Å². The molecule has 0 radical (unpaired) electrons. The van der Waals surface area contributed by atoms with Gasteiger partial charge >= 0.3 is 11.9 Å². The average molecular weight is 530 g/mol. The van der Waals surface area contributed by atoms with E-state index < -0.39 is 22.1 Å². The molecule has 0 aliphatic heterocycles. The molecule has 0 bridgehead atoms. The van der Waals surface area contributed by atoms with Crippen molar-refractivity contribution in [3.05, 3.63) is 69.8 Å². The zero-order valence-corrected chi connectivity index (χ0v) is 23.1. The van der Waals surface area contributed by atoms with Gasteiger partial charge in [-0.05, 0) is 53.2 Å². The summed E-state index contributed by atoms with van der Waals surface area (Å²) in [4.78, 5) is 39.7. The molecular formula is C28H39N3O7. The number of hydrogen-bond donors (Lipinski definition) is 1. The molecule has 2 rings (SSSR count). The van der Waals surface area contributed by atoms with Crippen LogP contribution in [0.2, 0.25) is 0 Å². The van der Waals surface area contributed by atoms with Crippen LogP contribution in [0.5, 0.6) is 5.75 Å². The number of esters is 2. The topological polar surface area (TPSA) is 122 Å². The number of hydrogen-bond acceptors (Lipinski definition) is 9.